The van der Waals surface area contributed by atoms with Crippen molar-refractivity contribution in [2.24, 2.45) is 11.8 Å². The maximum Gasteiger partial charge on any atom is 0.126 e. The number of aryl methyl sites for hydroxylation is 1. The summed E-state index contributed by atoms with van der Waals surface area (Å²) in [6, 6.07) is 5.74. The minimum atomic E-state index is -0.0662. The number of rotatable bonds is 2. The fourth-order valence-electron chi connectivity index (χ4n) is 2.84. The van der Waals surface area contributed by atoms with Gasteiger partial charge >= 0.3 is 0 Å². The standard InChI is InChI=1S/C15H22FN/c1-10(2)14-9-17-7-6-13(14)12-5-4-11(3)15(16)8-12/h4-5,8,10,13-14,17H,6-7,9H2,1-3H3. The predicted octanol–water partition coefficient (Wildman–Crippen LogP) is 3.48. The lowest BCUT2D eigenvalue weighted by Gasteiger charge is -2.35. The van der Waals surface area contributed by atoms with Crippen molar-refractivity contribution in [3.63, 3.8) is 0 Å². The quantitative estimate of drug-likeness (QED) is 0.827. The number of piperidine rings is 1. The number of benzene rings is 1. The van der Waals surface area contributed by atoms with E-state index >= 15 is 0 Å². The lowest BCUT2D eigenvalue weighted by molar-refractivity contribution is 0.255. The second-order valence-corrected chi connectivity index (χ2v) is 5.52. The SMILES string of the molecule is Cc1ccc(C2CCNCC2C(C)C)cc1F. The maximum atomic E-state index is 13.6. The molecule has 0 bridgehead atoms. The Labute approximate surface area is 103 Å². The zero-order valence-corrected chi connectivity index (χ0v) is 11.0. The van der Waals surface area contributed by atoms with Crippen LogP contribution >= 0.6 is 0 Å². The van der Waals surface area contributed by atoms with E-state index in [9.17, 15) is 4.39 Å². The van der Waals surface area contributed by atoms with Gasteiger partial charge in [-0.1, -0.05) is 26.0 Å². The topological polar surface area (TPSA) is 12.0 Å². The Morgan fingerprint density at radius 3 is 2.76 bits per heavy atom. The summed E-state index contributed by atoms with van der Waals surface area (Å²) in [4.78, 5) is 0. The Hall–Kier alpha value is -0.890. The third-order valence-corrected chi connectivity index (χ3v) is 4.01. The summed E-state index contributed by atoms with van der Waals surface area (Å²) in [5.41, 5.74) is 1.91. The van der Waals surface area contributed by atoms with Gasteiger partial charge in [0.2, 0.25) is 0 Å². The van der Waals surface area contributed by atoms with Gasteiger partial charge in [-0.15, -0.1) is 0 Å². The molecule has 1 aliphatic heterocycles. The molecule has 1 aromatic carbocycles. The second kappa shape index (κ2) is 5.18. The molecule has 0 aromatic heterocycles. The van der Waals surface area contributed by atoms with Crippen molar-refractivity contribution in [3.05, 3.63) is 35.1 Å². The zero-order chi connectivity index (χ0) is 12.4. The number of hydrogen-bond acceptors (Lipinski definition) is 1. The van der Waals surface area contributed by atoms with Gasteiger partial charge in [-0.3, -0.25) is 0 Å². The molecular formula is C15H22FN. The summed E-state index contributed by atoms with van der Waals surface area (Å²) in [6.07, 6.45) is 1.12. The molecule has 1 aliphatic rings. The van der Waals surface area contributed by atoms with E-state index in [-0.39, 0.29) is 5.82 Å². The van der Waals surface area contributed by atoms with Gasteiger partial charge in [-0.2, -0.15) is 0 Å². The van der Waals surface area contributed by atoms with Crippen LogP contribution in [0.2, 0.25) is 0 Å². The van der Waals surface area contributed by atoms with Gasteiger partial charge in [0.05, 0.1) is 0 Å². The molecule has 2 rings (SSSR count). The van der Waals surface area contributed by atoms with Gasteiger partial charge in [-0.05, 0) is 61.4 Å². The highest BCUT2D eigenvalue weighted by Gasteiger charge is 2.28. The lowest BCUT2D eigenvalue weighted by Crippen LogP contribution is -2.38. The molecule has 1 aromatic rings. The average molecular weight is 235 g/mol. The Balaban J connectivity index is 2.26. The van der Waals surface area contributed by atoms with Gasteiger partial charge in [0.15, 0.2) is 0 Å². The van der Waals surface area contributed by atoms with Gasteiger partial charge in [0.1, 0.15) is 5.82 Å². The van der Waals surface area contributed by atoms with Gasteiger partial charge in [0.25, 0.3) is 0 Å². The number of nitrogens with one attached hydrogen (secondary N) is 1. The van der Waals surface area contributed by atoms with Gasteiger partial charge < -0.3 is 5.32 Å². The summed E-state index contributed by atoms with van der Waals surface area (Å²) < 4.78 is 13.6. The molecule has 1 nitrogen and oxygen atoms in total. The van der Waals surface area contributed by atoms with Crippen LogP contribution in [0, 0.1) is 24.6 Å². The van der Waals surface area contributed by atoms with E-state index < -0.39 is 0 Å². The summed E-state index contributed by atoms with van der Waals surface area (Å²) in [6.45, 7) is 8.44. The van der Waals surface area contributed by atoms with Crippen molar-refractivity contribution in [1.82, 2.24) is 5.32 Å². The van der Waals surface area contributed by atoms with Crippen molar-refractivity contribution in [2.45, 2.75) is 33.1 Å². The van der Waals surface area contributed by atoms with Crippen molar-refractivity contribution >= 4 is 0 Å². The van der Waals surface area contributed by atoms with Crippen LogP contribution in [0.15, 0.2) is 18.2 Å². The minimum absolute atomic E-state index is 0.0662. The molecular weight excluding hydrogens is 213 g/mol. The van der Waals surface area contributed by atoms with Crippen LogP contribution in [0.25, 0.3) is 0 Å². The van der Waals surface area contributed by atoms with Gasteiger partial charge in [-0.25, -0.2) is 4.39 Å². The highest BCUT2D eigenvalue weighted by atomic mass is 19.1. The van der Waals surface area contributed by atoms with E-state index in [1.54, 1.807) is 6.07 Å². The molecule has 1 N–H and O–H groups in total. The molecule has 0 amide bonds. The van der Waals surface area contributed by atoms with Crippen LogP contribution in [0.5, 0.6) is 0 Å². The van der Waals surface area contributed by atoms with Crippen molar-refractivity contribution < 1.29 is 4.39 Å². The smallest absolute Gasteiger partial charge is 0.126 e. The normalized spacial score (nSPS) is 25.2. The predicted molar refractivity (Wildman–Crippen MR) is 69.7 cm³/mol. The molecule has 0 saturated carbocycles. The van der Waals surface area contributed by atoms with E-state index in [2.05, 4.69) is 25.2 Å². The maximum absolute atomic E-state index is 13.6. The fourth-order valence-corrected chi connectivity index (χ4v) is 2.84. The van der Waals surface area contributed by atoms with E-state index in [4.69, 9.17) is 0 Å². The molecule has 0 aliphatic carbocycles. The Kier molecular flexibility index (Phi) is 3.82. The largest absolute Gasteiger partial charge is 0.316 e. The Morgan fingerprint density at radius 2 is 2.12 bits per heavy atom. The first-order valence-corrected chi connectivity index (χ1v) is 6.56. The van der Waals surface area contributed by atoms with Crippen LogP contribution in [0.1, 0.15) is 37.3 Å². The first-order chi connectivity index (χ1) is 8.09. The van der Waals surface area contributed by atoms with Crippen LogP contribution in [-0.4, -0.2) is 13.1 Å². The molecule has 94 valence electrons. The Bertz CT molecular complexity index is 387. The van der Waals surface area contributed by atoms with Crippen LogP contribution in [0.4, 0.5) is 4.39 Å². The molecule has 17 heavy (non-hydrogen) atoms. The van der Waals surface area contributed by atoms with E-state index in [0.29, 0.717) is 17.8 Å². The second-order valence-electron chi connectivity index (χ2n) is 5.52. The van der Waals surface area contributed by atoms with Gasteiger partial charge in [0, 0.05) is 0 Å². The van der Waals surface area contributed by atoms with E-state index in [1.807, 2.05) is 13.0 Å². The van der Waals surface area contributed by atoms with Crippen LogP contribution < -0.4 is 5.32 Å². The van der Waals surface area contributed by atoms with Crippen LogP contribution in [-0.2, 0) is 0 Å². The third-order valence-electron chi connectivity index (χ3n) is 4.01. The summed E-state index contributed by atoms with van der Waals surface area (Å²) >= 11 is 0. The summed E-state index contributed by atoms with van der Waals surface area (Å²) in [5.74, 6) is 1.69. The van der Waals surface area contributed by atoms with Crippen molar-refractivity contribution in [3.8, 4) is 0 Å². The fraction of sp³-hybridized carbons (Fsp3) is 0.600. The van der Waals surface area contributed by atoms with Crippen molar-refractivity contribution in [1.29, 1.82) is 0 Å². The summed E-state index contributed by atoms with van der Waals surface area (Å²) in [5, 5.41) is 3.45. The third kappa shape index (κ3) is 2.68. The first kappa shape index (κ1) is 12.6. The van der Waals surface area contributed by atoms with Crippen molar-refractivity contribution in [2.75, 3.05) is 13.1 Å². The van der Waals surface area contributed by atoms with E-state index in [0.717, 1.165) is 25.1 Å². The molecule has 2 heteroatoms. The highest BCUT2D eigenvalue weighted by molar-refractivity contribution is 5.27. The molecule has 1 fully saturated rings. The molecule has 2 atom stereocenters. The summed E-state index contributed by atoms with van der Waals surface area (Å²) in [7, 11) is 0. The minimum Gasteiger partial charge on any atom is -0.316 e. The molecule has 1 saturated heterocycles. The number of halogens is 1. The number of hydrogen-bond donors (Lipinski definition) is 1. The molecule has 0 spiro atoms. The highest BCUT2D eigenvalue weighted by Crippen LogP contribution is 2.35. The van der Waals surface area contributed by atoms with E-state index in [1.165, 1.54) is 5.56 Å². The lowest BCUT2D eigenvalue weighted by atomic mass is 9.75. The molecule has 2 unspecified atom stereocenters. The Morgan fingerprint density at radius 1 is 1.35 bits per heavy atom. The molecule has 0 radical (unpaired) electrons. The monoisotopic (exact) mass is 235 g/mol. The average Bonchev–Trinajstić information content (AvgIpc) is 2.32. The zero-order valence-electron chi connectivity index (χ0n) is 11.0. The first-order valence-electron chi connectivity index (χ1n) is 6.56. The van der Waals surface area contributed by atoms with Crippen LogP contribution in [0.3, 0.4) is 0 Å². The molecule has 1 heterocycles.